The Labute approximate surface area is 98.2 Å². The van der Waals surface area contributed by atoms with Crippen molar-refractivity contribution in [2.24, 2.45) is 0 Å². The van der Waals surface area contributed by atoms with E-state index in [1.165, 1.54) is 32.1 Å². The number of nitrogens with zero attached hydrogens (tertiary/aromatic N) is 2. The molecule has 1 aromatic heterocycles. The molecule has 0 spiro atoms. The van der Waals surface area contributed by atoms with E-state index < -0.39 is 0 Å². The van der Waals surface area contributed by atoms with Gasteiger partial charge in [0.25, 0.3) is 0 Å². The second-order valence-electron chi connectivity index (χ2n) is 4.20. The third kappa shape index (κ3) is 6.56. The predicted molar refractivity (Wildman–Crippen MR) is 66.3 cm³/mol. The molecule has 0 saturated carbocycles. The number of hydrogen-bond donors (Lipinski definition) is 2. The monoisotopic (exact) mass is 224 g/mol. The van der Waals surface area contributed by atoms with Crippen LogP contribution in [0.15, 0.2) is 6.33 Å². The number of nitrogens with one attached hydrogen (secondary N) is 2. The van der Waals surface area contributed by atoms with Gasteiger partial charge in [0, 0.05) is 6.42 Å². The minimum atomic E-state index is 0.989. The molecule has 0 aliphatic rings. The highest BCUT2D eigenvalue weighted by atomic mass is 15.2. The van der Waals surface area contributed by atoms with Gasteiger partial charge >= 0.3 is 0 Å². The number of rotatable bonds is 10. The number of aromatic amines is 1. The second kappa shape index (κ2) is 9.33. The van der Waals surface area contributed by atoms with Crippen LogP contribution in [0.25, 0.3) is 0 Å². The zero-order chi connectivity index (χ0) is 11.5. The smallest absolute Gasteiger partial charge is 0.137 e. The van der Waals surface area contributed by atoms with Crippen LogP contribution >= 0.6 is 0 Å². The molecule has 92 valence electrons. The average Bonchev–Trinajstić information content (AvgIpc) is 2.80. The van der Waals surface area contributed by atoms with Gasteiger partial charge in [-0.2, -0.15) is 5.10 Å². The van der Waals surface area contributed by atoms with Gasteiger partial charge in [-0.1, -0.05) is 32.6 Å². The molecular weight excluding hydrogens is 200 g/mol. The largest absolute Gasteiger partial charge is 0.317 e. The summed E-state index contributed by atoms with van der Waals surface area (Å²) in [7, 11) is 0. The fourth-order valence-corrected chi connectivity index (χ4v) is 1.71. The number of H-pyrrole nitrogens is 1. The highest BCUT2D eigenvalue weighted by Crippen LogP contribution is 2.01. The van der Waals surface area contributed by atoms with E-state index in [4.69, 9.17) is 0 Å². The Morgan fingerprint density at radius 2 is 1.94 bits per heavy atom. The van der Waals surface area contributed by atoms with Crippen LogP contribution in [0.1, 0.15) is 51.3 Å². The van der Waals surface area contributed by atoms with Crippen LogP contribution in [0.5, 0.6) is 0 Å². The van der Waals surface area contributed by atoms with Gasteiger partial charge in [-0.25, -0.2) is 4.98 Å². The topological polar surface area (TPSA) is 53.6 Å². The lowest BCUT2D eigenvalue weighted by Crippen LogP contribution is -2.17. The number of aryl methyl sites for hydroxylation is 1. The molecule has 4 nitrogen and oxygen atoms in total. The van der Waals surface area contributed by atoms with Gasteiger partial charge in [-0.05, 0) is 25.9 Å². The van der Waals surface area contributed by atoms with Crippen molar-refractivity contribution in [1.29, 1.82) is 0 Å². The molecular formula is C12H24N4. The van der Waals surface area contributed by atoms with Gasteiger partial charge in [0.15, 0.2) is 0 Å². The molecule has 0 aliphatic heterocycles. The summed E-state index contributed by atoms with van der Waals surface area (Å²) in [5.41, 5.74) is 0. The van der Waals surface area contributed by atoms with E-state index in [-0.39, 0.29) is 0 Å². The molecule has 4 heteroatoms. The summed E-state index contributed by atoms with van der Waals surface area (Å²) < 4.78 is 0. The first-order valence-electron chi connectivity index (χ1n) is 6.48. The second-order valence-corrected chi connectivity index (χ2v) is 4.20. The molecule has 0 fully saturated rings. The minimum absolute atomic E-state index is 0.989. The number of hydrogen-bond acceptors (Lipinski definition) is 3. The van der Waals surface area contributed by atoms with E-state index in [0.717, 1.165) is 31.8 Å². The standard InChI is InChI=1S/C12H24N4/c1-2-3-4-5-6-9-13-10-7-8-12-14-11-15-16-12/h11,13H,2-10H2,1H3,(H,14,15,16). The van der Waals surface area contributed by atoms with Gasteiger partial charge in [0.05, 0.1) is 0 Å². The Kier molecular flexibility index (Phi) is 7.68. The summed E-state index contributed by atoms with van der Waals surface area (Å²) in [4.78, 5) is 4.09. The Balaban J connectivity index is 1.78. The van der Waals surface area contributed by atoms with Crippen molar-refractivity contribution in [2.45, 2.75) is 51.9 Å². The SMILES string of the molecule is CCCCCCCNCCCc1ncn[nH]1. The predicted octanol–water partition coefficient (Wildman–Crippen LogP) is 2.30. The molecule has 1 rings (SSSR count). The first-order chi connectivity index (χ1) is 7.93. The van der Waals surface area contributed by atoms with Crippen molar-refractivity contribution in [3.05, 3.63) is 12.2 Å². The Hall–Kier alpha value is -0.900. The molecule has 0 atom stereocenters. The maximum Gasteiger partial charge on any atom is 0.137 e. The van der Waals surface area contributed by atoms with Crippen molar-refractivity contribution in [3.63, 3.8) is 0 Å². The Morgan fingerprint density at radius 1 is 1.12 bits per heavy atom. The van der Waals surface area contributed by atoms with E-state index in [0.29, 0.717) is 0 Å². The van der Waals surface area contributed by atoms with Crippen molar-refractivity contribution >= 4 is 0 Å². The highest BCUT2D eigenvalue weighted by molar-refractivity contribution is 4.79. The molecule has 1 heterocycles. The maximum absolute atomic E-state index is 4.09. The first-order valence-corrected chi connectivity index (χ1v) is 6.48. The fourth-order valence-electron chi connectivity index (χ4n) is 1.71. The molecule has 0 bridgehead atoms. The van der Waals surface area contributed by atoms with Gasteiger partial charge in [0.1, 0.15) is 12.2 Å². The summed E-state index contributed by atoms with van der Waals surface area (Å²) in [6.45, 7) is 4.48. The van der Waals surface area contributed by atoms with Crippen molar-refractivity contribution in [2.75, 3.05) is 13.1 Å². The molecule has 16 heavy (non-hydrogen) atoms. The van der Waals surface area contributed by atoms with Crippen LogP contribution in [0, 0.1) is 0 Å². The van der Waals surface area contributed by atoms with Crippen molar-refractivity contribution in [3.8, 4) is 0 Å². The molecule has 0 aromatic carbocycles. The Morgan fingerprint density at radius 3 is 2.69 bits per heavy atom. The van der Waals surface area contributed by atoms with E-state index >= 15 is 0 Å². The molecule has 0 amide bonds. The molecule has 0 unspecified atom stereocenters. The molecule has 1 aromatic rings. The lowest BCUT2D eigenvalue weighted by molar-refractivity contribution is 0.571. The van der Waals surface area contributed by atoms with Gasteiger partial charge < -0.3 is 5.32 Å². The molecule has 0 saturated heterocycles. The van der Waals surface area contributed by atoms with E-state index in [1.807, 2.05) is 0 Å². The van der Waals surface area contributed by atoms with Crippen LogP contribution < -0.4 is 5.32 Å². The summed E-state index contributed by atoms with van der Waals surface area (Å²) in [5, 5.41) is 10.2. The molecule has 0 radical (unpaired) electrons. The normalized spacial score (nSPS) is 10.8. The third-order valence-electron chi connectivity index (χ3n) is 2.69. The minimum Gasteiger partial charge on any atom is -0.317 e. The van der Waals surface area contributed by atoms with Crippen LogP contribution in [0.3, 0.4) is 0 Å². The Bertz CT molecular complexity index is 233. The van der Waals surface area contributed by atoms with Gasteiger partial charge in [-0.15, -0.1) is 0 Å². The lowest BCUT2D eigenvalue weighted by Gasteiger charge is -2.03. The molecule has 2 N–H and O–H groups in total. The summed E-state index contributed by atoms with van der Waals surface area (Å²) in [6.07, 6.45) is 10.4. The zero-order valence-electron chi connectivity index (χ0n) is 10.3. The van der Waals surface area contributed by atoms with E-state index in [2.05, 4.69) is 27.4 Å². The third-order valence-corrected chi connectivity index (χ3v) is 2.69. The van der Waals surface area contributed by atoms with Crippen LogP contribution in [-0.4, -0.2) is 28.3 Å². The first kappa shape index (κ1) is 13.2. The zero-order valence-corrected chi connectivity index (χ0v) is 10.3. The van der Waals surface area contributed by atoms with E-state index in [9.17, 15) is 0 Å². The van der Waals surface area contributed by atoms with Crippen LogP contribution in [0.2, 0.25) is 0 Å². The lowest BCUT2D eigenvalue weighted by atomic mass is 10.1. The highest BCUT2D eigenvalue weighted by Gasteiger charge is 1.95. The van der Waals surface area contributed by atoms with Crippen LogP contribution in [0.4, 0.5) is 0 Å². The summed E-state index contributed by atoms with van der Waals surface area (Å²) in [5.74, 6) is 0.991. The summed E-state index contributed by atoms with van der Waals surface area (Å²) in [6, 6.07) is 0. The van der Waals surface area contributed by atoms with Crippen molar-refractivity contribution in [1.82, 2.24) is 20.5 Å². The maximum atomic E-state index is 4.09. The van der Waals surface area contributed by atoms with Gasteiger partial charge in [0.2, 0.25) is 0 Å². The number of aromatic nitrogens is 3. The quantitative estimate of drug-likeness (QED) is 0.600. The fraction of sp³-hybridized carbons (Fsp3) is 0.833. The van der Waals surface area contributed by atoms with Gasteiger partial charge in [-0.3, -0.25) is 5.10 Å². The summed E-state index contributed by atoms with van der Waals surface area (Å²) >= 11 is 0. The van der Waals surface area contributed by atoms with Crippen LogP contribution in [-0.2, 0) is 6.42 Å². The van der Waals surface area contributed by atoms with E-state index in [1.54, 1.807) is 6.33 Å². The molecule has 0 aliphatic carbocycles. The van der Waals surface area contributed by atoms with Crippen molar-refractivity contribution < 1.29 is 0 Å². The average molecular weight is 224 g/mol. The number of unbranched alkanes of at least 4 members (excludes halogenated alkanes) is 4.